The molecule has 1 saturated heterocycles. The first-order valence-electron chi connectivity index (χ1n) is 8.64. The number of para-hydroxylation sites is 1. The third kappa shape index (κ3) is 4.67. The molecule has 0 bridgehead atoms. The topological polar surface area (TPSA) is 112 Å². The average Bonchev–Trinajstić information content (AvgIpc) is 3.17. The van der Waals surface area contributed by atoms with Gasteiger partial charge in [-0.05, 0) is 19.4 Å². The number of amides is 1. The molecule has 0 radical (unpaired) electrons. The van der Waals surface area contributed by atoms with Crippen LogP contribution in [0, 0.1) is 0 Å². The molecule has 1 aromatic carbocycles. The lowest BCUT2D eigenvalue weighted by molar-refractivity contribution is -0.124. The summed E-state index contributed by atoms with van der Waals surface area (Å²) in [4.78, 5) is 24.3. The molecule has 9 heteroatoms. The number of nitrogens with one attached hydrogen (secondary N) is 1. The summed E-state index contributed by atoms with van der Waals surface area (Å²) in [6.45, 7) is 1.99. The van der Waals surface area contributed by atoms with Crippen molar-refractivity contribution in [3.63, 3.8) is 0 Å². The first-order chi connectivity index (χ1) is 12.9. The highest BCUT2D eigenvalue weighted by Crippen LogP contribution is 2.27. The van der Waals surface area contributed by atoms with Crippen molar-refractivity contribution in [1.29, 1.82) is 0 Å². The van der Waals surface area contributed by atoms with E-state index >= 15 is 0 Å². The van der Waals surface area contributed by atoms with E-state index < -0.39 is 34.4 Å². The van der Waals surface area contributed by atoms with Gasteiger partial charge in [-0.2, -0.15) is 0 Å². The predicted molar refractivity (Wildman–Crippen MR) is 97.0 cm³/mol. The van der Waals surface area contributed by atoms with E-state index in [4.69, 9.17) is 13.9 Å². The molecule has 8 nitrogen and oxygen atoms in total. The quantitative estimate of drug-likeness (QED) is 0.706. The minimum atomic E-state index is -3.10. The normalized spacial score (nSPS) is 18.5. The number of hydrogen-bond acceptors (Lipinski definition) is 7. The third-order valence-electron chi connectivity index (χ3n) is 4.27. The predicted octanol–water partition coefficient (Wildman–Crippen LogP) is 1.43. The number of hydrogen-bond donors (Lipinski definition) is 1. The summed E-state index contributed by atoms with van der Waals surface area (Å²) in [5.74, 6) is -1.35. The van der Waals surface area contributed by atoms with Crippen LogP contribution in [0.3, 0.4) is 0 Å². The van der Waals surface area contributed by atoms with E-state index in [1.165, 1.54) is 0 Å². The molecule has 2 heterocycles. The lowest BCUT2D eigenvalue weighted by Gasteiger charge is -2.11. The SMILES string of the molecule is CCOCc1c(C(=O)OCC(=O)N[C@H]2CCS(=O)(=O)C2)oc2ccccc12. The Morgan fingerprint density at radius 3 is 2.78 bits per heavy atom. The van der Waals surface area contributed by atoms with Gasteiger partial charge in [0.15, 0.2) is 16.4 Å². The Kier molecular flexibility index (Phi) is 5.81. The Morgan fingerprint density at radius 1 is 1.30 bits per heavy atom. The van der Waals surface area contributed by atoms with E-state index in [2.05, 4.69) is 5.32 Å². The van der Waals surface area contributed by atoms with Crippen LogP contribution in [0.5, 0.6) is 0 Å². The van der Waals surface area contributed by atoms with Crippen molar-refractivity contribution in [2.75, 3.05) is 24.7 Å². The first kappa shape index (κ1) is 19.4. The summed E-state index contributed by atoms with van der Waals surface area (Å²) in [6.07, 6.45) is 0.365. The highest BCUT2D eigenvalue weighted by Gasteiger charge is 2.29. The second kappa shape index (κ2) is 8.10. The number of benzene rings is 1. The van der Waals surface area contributed by atoms with Crippen LogP contribution < -0.4 is 5.32 Å². The minimum absolute atomic E-state index is 0.000828. The molecule has 1 N–H and O–H groups in total. The van der Waals surface area contributed by atoms with Gasteiger partial charge in [-0.25, -0.2) is 13.2 Å². The summed E-state index contributed by atoms with van der Waals surface area (Å²) in [7, 11) is -3.10. The number of sulfone groups is 1. The van der Waals surface area contributed by atoms with E-state index in [0.29, 0.717) is 24.2 Å². The zero-order chi connectivity index (χ0) is 19.4. The fourth-order valence-electron chi connectivity index (χ4n) is 2.99. The van der Waals surface area contributed by atoms with Gasteiger partial charge in [0.1, 0.15) is 5.58 Å². The molecular formula is C18H21NO7S. The summed E-state index contributed by atoms with van der Waals surface area (Å²) < 4.78 is 38.9. The largest absolute Gasteiger partial charge is 0.450 e. The maximum Gasteiger partial charge on any atom is 0.375 e. The standard InChI is InChI=1S/C18H21NO7S/c1-2-24-9-14-13-5-3-4-6-15(13)26-17(14)18(21)25-10-16(20)19-12-7-8-27(22,23)11-12/h3-6,12H,2,7-11H2,1H3,(H,19,20)/t12-/m0/s1. The number of rotatable bonds is 7. The fourth-order valence-corrected chi connectivity index (χ4v) is 4.66. The number of esters is 1. The first-order valence-corrected chi connectivity index (χ1v) is 10.5. The molecule has 3 rings (SSSR count). The van der Waals surface area contributed by atoms with Crippen LogP contribution in [0.15, 0.2) is 28.7 Å². The van der Waals surface area contributed by atoms with Crippen molar-refractivity contribution in [3.8, 4) is 0 Å². The van der Waals surface area contributed by atoms with Gasteiger partial charge in [0.05, 0.1) is 18.1 Å². The van der Waals surface area contributed by atoms with Crippen LogP contribution in [0.2, 0.25) is 0 Å². The highest BCUT2D eigenvalue weighted by molar-refractivity contribution is 7.91. The Labute approximate surface area is 156 Å². The van der Waals surface area contributed by atoms with E-state index in [-0.39, 0.29) is 23.9 Å². The summed E-state index contributed by atoms with van der Waals surface area (Å²) in [6, 6.07) is 6.72. The summed E-state index contributed by atoms with van der Waals surface area (Å²) in [5.41, 5.74) is 1.10. The molecule has 1 atom stereocenters. The number of carbonyl (C=O) groups is 2. The number of furan rings is 1. The molecule has 1 aliphatic rings. The zero-order valence-corrected chi connectivity index (χ0v) is 15.7. The van der Waals surface area contributed by atoms with Crippen LogP contribution in [-0.2, 0) is 30.7 Å². The Morgan fingerprint density at radius 2 is 2.07 bits per heavy atom. The van der Waals surface area contributed by atoms with Crippen LogP contribution in [0.1, 0.15) is 29.5 Å². The lowest BCUT2D eigenvalue weighted by atomic mass is 10.1. The van der Waals surface area contributed by atoms with Crippen LogP contribution in [0.25, 0.3) is 11.0 Å². The van der Waals surface area contributed by atoms with Crippen LogP contribution in [0.4, 0.5) is 0 Å². The molecule has 0 spiro atoms. The summed E-state index contributed by atoms with van der Waals surface area (Å²) in [5, 5.41) is 3.31. The van der Waals surface area contributed by atoms with E-state index in [9.17, 15) is 18.0 Å². The van der Waals surface area contributed by atoms with Gasteiger partial charge < -0.3 is 19.2 Å². The van der Waals surface area contributed by atoms with Crippen LogP contribution in [-0.4, -0.2) is 51.1 Å². The van der Waals surface area contributed by atoms with Crippen LogP contribution >= 0.6 is 0 Å². The van der Waals surface area contributed by atoms with E-state index in [0.717, 1.165) is 5.39 Å². The maximum absolute atomic E-state index is 12.4. The van der Waals surface area contributed by atoms with Gasteiger partial charge in [0.25, 0.3) is 5.91 Å². The molecule has 1 amide bonds. The molecule has 146 valence electrons. The number of ether oxygens (including phenoxy) is 2. The molecule has 1 fully saturated rings. The van der Waals surface area contributed by atoms with Gasteiger partial charge >= 0.3 is 5.97 Å². The van der Waals surface area contributed by atoms with Crippen molar-refractivity contribution in [2.45, 2.75) is 26.0 Å². The zero-order valence-electron chi connectivity index (χ0n) is 14.9. The minimum Gasteiger partial charge on any atom is -0.450 e. The van der Waals surface area contributed by atoms with Gasteiger partial charge in [-0.3, -0.25) is 4.79 Å². The molecular weight excluding hydrogens is 374 g/mol. The monoisotopic (exact) mass is 395 g/mol. The Balaban J connectivity index is 1.64. The van der Waals surface area contributed by atoms with Gasteiger partial charge in [-0.1, -0.05) is 18.2 Å². The van der Waals surface area contributed by atoms with Crippen molar-refractivity contribution >= 4 is 32.7 Å². The molecule has 0 unspecified atom stereocenters. The molecule has 1 aliphatic heterocycles. The van der Waals surface area contributed by atoms with Gasteiger partial charge in [0, 0.05) is 23.6 Å². The lowest BCUT2D eigenvalue weighted by Crippen LogP contribution is -2.38. The third-order valence-corrected chi connectivity index (χ3v) is 6.03. The van der Waals surface area contributed by atoms with Crippen molar-refractivity contribution in [3.05, 3.63) is 35.6 Å². The molecule has 0 aliphatic carbocycles. The Hall–Kier alpha value is -2.39. The van der Waals surface area contributed by atoms with E-state index in [1.54, 1.807) is 12.1 Å². The average molecular weight is 395 g/mol. The molecule has 2 aromatic rings. The maximum atomic E-state index is 12.4. The number of fused-ring (bicyclic) bond motifs is 1. The van der Waals surface area contributed by atoms with Gasteiger partial charge in [-0.15, -0.1) is 0 Å². The number of carbonyl (C=O) groups excluding carboxylic acids is 2. The second-order valence-electron chi connectivity index (χ2n) is 6.29. The smallest absolute Gasteiger partial charge is 0.375 e. The highest BCUT2D eigenvalue weighted by atomic mass is 32.2. The molecule has 1 aromatic heterocycles. The second-order valence-corrected chi connectivity index (χ2v) is 8.52. The fraction of sp³-hybridized carbons (Fsp3) is 0.444. The molecule has 0 saturated carbocycles. The van der Waals surface area contributed by atoms with E-state index in [1.807, 2.05) is 19.1 Å². The van der Waals surface area contributed by atoms with Crippen molar-refractivity contribution in [2.24, 2.45) is 0 Å². The summed E-state index contributed by atoms with van der Waals surface area (Å²) >= 11 is 0. The van der Waals surface area contributed by atoms with Crippen molar-refractivity contribution in [1.82, 2.24) is 5.32 Å². The van der Waals surface area contributed by atoms with Crippen molar-refractivity contribution < 1.29 is 31.9 Å². The Bertz CT molecular complexity index is 948. The molecule has 27 heavy (non-hydrogen) atoms. The van der Waals surface area contributed by atoms with Gasteiger partial charge in [0.2, 0.25) is 5.76 Å².